The summed E-state index contributed by atoms with van der Waals surface area (Å²) in [4.78, 5) is 42.1. The first-order valence-corrected chi connectivity index (χ1v) is 9.35. The number of hydrogen-bond acceptors (Lipinski definition) is 3. The van der Waals surface area contributed by atoms with Crippen LogP contribution in [-0.4, -0.2) is 72.2 Å². The zero-order chi connectivity index (χ0) is 17.1. The molecule has 1 atom stereocenters. The van der Waals surface area contributed by atoms with Gasteiger partial charge in [0.15, 0.2) is 0 Å². The number of likely N-dealkylation sites (tertiary alicyclic amines) is 3. The van der Waals surface area contributed by atoms with Crippen LogP contribution in [0.25, 0.3) is 0 Å². The number of piperidine rings is 3. The first kappa shape index (κ1) is 17.2. The molecule has 3 rings (SSSR count). The standard InChI is InChI=1S/C18H29N3O3/c1-19-9-7-15(12-17(19)23)18(24)20-10-5-14(6-11-20)13-21-8-3-2-4-16(21)22/h14-15H,2-13H2,1H3/t15-/m0/s1. The van der Waals surface area contributed by atoms with E-state index in [-0.39, 0.29) is 17.7 Å². The van der Waals surface area contributed by atoms with E-state index >= 15 is 0 Å². The third-order valence-corrected chi connectivity index (χ3v) is 5.84. The minimum Gasteiger partial charge on any atom is -0.346 e. The fourth-order valence-electron chi connectivity index (χ4n) is 4.11. The molecule has 3 aliphatic rings. The van der Waals surface area contributed by atoms with E-state index in [0.717, 1.165) is 58.3 Å². The molecular weight excluding hydrogens is 306 g/mol. The van der Waals surface area contributed by atoms with Crippen LogP contribution in [0.5, 0.6) is 0 Å². The third kappa shape index (κ3) is 3.90. The van der Waals surface area contributed by atoms with Gasteiger partial charge in [-0.05, 0) is 38.0 Å². The Morgan fingerprint density at radius 3 is 2.42 bits per heavy atom. The summed E-state index contributed by atoms with van der Waals surface area (Å²) in [5.74, 6) is 0.913. The maximum Gasteiger partial charge on any atom is 0.226 e. The molecule has 0 N–H and O–H groups in total. The van der Waals surface area contributed by atoms with Crippen molar-refractivity contribution in [1.29, 1.82) is 0 Å². The van der Waals surface area contributed by atoms with E-state index in [0.29, 0.717) is 31.2 Å². The van der Waals surface area contributed by atoms with Crippen LogP contribution >= 0.6 is 0 Å². The van der Waals surface area contributed by atoms with E-state index in [2.05, 4.69) is 0 Å². The van der Waals surface area contributed by atoms with Crippen molar-refractivity contribution in [2.45, 2.75) is 44.9 Å². The van der Waals surface area contributed by atoms with E-state index in [1.807, 2.05) is 9.80 Å². The van der Waals surface area contributed by atoms with Crippen LogP contribution in [0.15, 0.2) is 0 Å². The Kier molecular flexibility index (Phi) is 5.41. The molecule has 0 unspecified atom stereocenters. The van der Waals surface area contributed by atoms with Crippen molar-refractivity contribution in [2.75, 3.05) is 39.8 Å². The Labute approximate surface area is 144 Å². The van der Waals surface area contributed by atoms with E-state index in [1.54, 1.807) is 11.9 Å². The molecule has 134 valence electrons. The summed E-state index contributed by atoms with van der Waals surface area (Å²) in [5, 5.41) is 0. The predicted molar refractivity (Wildman–Crippen MR) is 90.1 cm³/mol. The van der Waals surface area contributed by atoms with Crippen LogP contribution in [0.2, 0.25) is 0 Å². The van der Waals surface area contributed by atoms with E-state index in [9.17, 15) is 14.4 Å². The van der Waals surface area contributed by atoms with Crippen molar-refractivity contribution in [3.63, 3.8) is 0 Å². The maximum atomic E-state index is 12.6. The van der Waals surface area contributed by atoms with Crippen LogP contribution in [0.4, 0.5) is 0 Å². The van der Waals surface area contributed by atoms with Gasteiger partial charge in [-0.25, -0.2) is 0 Å². The topological polar surface area (TPSA) is 60.9 Å². The van der Waals surface area contributed by atoms with Gasteiger partial charge in [0.2, 0.25) is 17.7 Å². The monoisotopic (exact) mass is 335 g/mol. The van der Waals surface area contributed by atoms with Crippen LogP contribution < -0.4 is 0 Å². The molecule has 0 aromatic rings. The van der Waals surface area contributed by atoms with Gasteiger partial charge in [-0.2, -0.15) is 0 Å². The average molecular weight is 335 g/mol. The van der Waals surface area contributed by atoms with Crippen molar-refractivity contribution in [2.24, 2.45) is 11.8 Å². The second-order valence-electron chi connectivity index (χ2n) is 7.57. The van der Waals surface area contributed by atoms with Crippen molar-refractivity contribution >= 4 is 17.7 Å². The van der Waals surface area contributed by atoms with E-state index in [4.69, 9.17) is 0 Å². The molecule has 0 aliphatic carbocycles. The van der Waals surface area contributed by atoms with Gasteiger partial charge >= 0.3 is 0 Å². The minimum absolute atomic E-state index is 0.0816. The highest BCUT2D eigenvalue weighted by Gasteiger charge is 2.33. The Balaban J connectivity index is 1.45. The van der Waals surface area contributed by atoms with Gasteiger partial charge in [0.05, 0.1) is 0 Å². The fraction of sp³-hybridized carbons (Fsp3) is 0.833. The number of rotatable bonds is 3. The first-order chi connectivity index (χ1) is 11.5. The van der Waals surface area contributed by atoms with Gasteiger partial charge in [-0.15, -0.1) is 0 Å². The molecule has 0 radical (unpaired) electrons. The molecule has 3 aliphatic heterocycles. The predicted octanol–water partition coefficient (Wildman–Crippen LogP) is 1.11. The highest BCUT2D eigenvalue weighted by atomic mass is 16.2. The summed E-state index contributed by atoms with van der Waals surface area (Å²) in [6.45, 7) is 3.98. The summed E-state index contributed by atoms with van der Waals surface area (Å²) in [5.41, 5.74) is 0. The zero-order valence-electron chi connectivity index (χ0n) is 14.7. The average Bonchev–Trinajstić information content (AvgIpc) is 2.59. The lowest BCUT2D eigenvalue weighted by atomic mass is 9.91. The number of carbonyl (C=O) groups is 3. The smallest absolute Gasteiger partial charge is 0.226 e. The number of hydrogen-bond donors (Lipinski definition) is 0. The van der Waals surface area contributed by atoms with Gasteiger partial charge in [0.1, 0.15) is 0 Å². The molecule has 3 fully saturated rings. The molecule has 3 amide bonds. The number of amides is 3. The van der Waals surface area contributed by atoms with Gasteiger partial charge in [-0.3, -0.25) is 14.4 Å². The van der Waals surface area contributed by atoms with Crippen LogP contribution in [0, 0.1) is 11.8 Å². The zero-order valence-corrected chi connectivity index (χ0v) is 14.7. The first-order valence-electron chi connectivity index (χ1n) is 9.35. The molecule has 24 heavy (non-hydrogen) atoms. The SMILES string of the molecule is CN1CC[C@H](C(=O)N2CCC(CN3CCCCC3=O)CC2)CC1=O. The quantitative estimate of drug-likeness (QED) is 0.776. The van der Waals surface area contributed by atoms with Gasteiger partial charge in [0.25, 0.3) is 0 Å². The lowest BCUT2D eigenvalue weighted by Crippen LogP contribution is -2.48. The normalized spacial score (nSPS) is 26.9. The lowest BCUT2D eigenvalue weighted by molar-refractivity contribution is -0.145. The molecule has 6 heteroatoms. The fourth-order valence-corrected chi connectivity index (χ4v) is 4.11. The molecule has 6 nitrogen and oxygen atoms in total. The Bertz CT molecular complexity index is 500. The third-order valence-electron chi connectivity index (χ3n) is 5.84. The summed E-state index contributed by atoms with van der Waals surface area (Å²) in [6, 6.07) is 0. The van der Waals surface area contributed by atoms with Crippen molar-refractivity contribution in [1.82, 2.24) is 14.7 Å². The Morgan fingerprint density at radius 1 is 1.00 bits per heavy atom. The largest absolute Gasteiger partial charge is 0.346 e. The Hall–Kier alpha value is -1.59. The van der Waals surface area contributed by atoms with Crippen molar-refractivity contribution in [3.05, 3.63) is 0 Å². The molecule has 0 aromatic carbocycles. The van der Waals surface area contributed by atoms with Crippen LogP contribution in [0.1, 0.15) is 44.9 Å². The highest BCUT2D eigenvalue weighted by Crippen LogP contribution is 2.25. The minimum atomic E-state index is -0.131. The summed E-state index contributed by atoms with van der Waals surface area (Å²) in [7, 11) is 1.80. The maximum absolute atomic E-state index is 12.6. The van der Waals surface area contributed by atoms with E-state index in [1.165, 1.54) is 0 Å². The molecule has 3 heterocycles. The second kappa shape index (κ2) is 7.53. The molecule has 0 spiro atoms. The van der Waals surface area contributed by atoms with Crippen molar-refractivity contribution < 1.29 is 14.4 Å². The molecule has 0 aromatic heterocycles. The number of carbonyl (C=O) groups excluding carboxylic acids is 3. The van der Waals surface area contributed by atoms with Gasteiger partial charge in [0, 0.05) is 58.5 Å². The van der Waals surface area contributed by atoms with E-state index < -0.39 is 0 Å². The highest BCUT2D eigenvalue weighted by molar-refractivity contribution is 5.87. The molecule has 0 saturated carbocycles. The van der Waals surface area contributed by atoms with Gasteiger partial charge in [-0.1, -0.05) is 0 Å². The van der Waals surface area contributed by atoms with Crippen LogP contribution in [-0.2, 0) is 14.4 Å². The molecular formula is C18H29N3O3. The summed E-state index contributed by atoms with van der Waals surface area (Å²) < 4.78 is 0. The molecule has 0 bridgehead atoms. The number of nitrogens with zero attached hydrogens (tertiary/aromatic N) is 3. The summed E-state index contributed by atoms with van der Waals surface area (Å²) in [6.07, 6.45) is 5.92. The molecule has 3 saturated heterocycles. The van der Waals surface area contributed by atoms with Gasteiger partial charge < -0.3 is 14.7 Å². The summed E-state index contributed by atoms with van der Waals surface area (Å²) >= 11 is 0. The van der Waals surface area contributed by atoms with Crippen molar-refractivity contribution in [3.8, 4) is 0 Å². The lowest BCUT2D eigenvalue weighted by Gasteiger charge is -2.38. The van der Waals surface area contributed by atoms with Crippen LogP contribution in [0.3, 0.4) is 0 Å². The Morgan fingerprint density at radius 2 is 1.75 bits per heavy atom. The second-order valence-corrected chi connectivity index (χ2v) is 7.57.